The fraction of sp³-hybridized carbons (Fsp3) is 0.615. The van der Waals surface area contributed by atoms with Crippen LogP contribution in [0.15, 0.2) is 25.3 Å². The molecule has 0 atom stereocenters. The molecule has 0 rings (SSSR count). The van der Waals surface area contributed by atoms with E-state index in [1.165, 1.54) is 0 Å². The van der Waals surface area contributed by atoms with Crippen molar-refractivity contribution in [1.82, 2.24) is 9.80 Å². The van der Waals surface area contributed by atoms with Gasteiger partial charge >= 0.3 is 0 Å². The highest BCUT2D eigenvalue weighted by Crippen LogP contribution is 1.98. The van der Waals surface area contributed by atoms with E-state index in [0.717, 1.165) is 19.6 Å². The van der Waals surface area contributed by atoms with E-state index in [-0.39, 0.29) is 5.91 Å². The van der Waals surface area contributed by atoms with E-state index in [1.807, 2.05) is 0 Å². The second-order valence-corrected chi connectivity index (χ2v) is 3.65. The maximum absolute atomic E-state index is 11.9. The van der Waals surface area contributed by atoms with Crippen molar-refractivity contribution >= 4 is 5.91 Å². The van der Waals surface area contributed by atoms with Crippen molar-refractivity contribution in [3.8, 4) is 0 Å². The molecule has 0 fully saturated rings. The molecule has 0 aromatic rings. The summed E-state index contributed by atoms with van der Waals surface area (Å²) in [5, 5.41) is 0. The molecule has 0 radical (unpaired) electrons. The summed E-state index contributed by atoms with van der Waals surface area (Å²) in [6.45, 7) is 15.5. The van der Waals surface area contributed by atoms with Gasteiger partial charge in [0.05, 0.1) is 0 Å². The summed E-state index contributed by atoms with van der Waals surface area (Å²) < 4.78 is 0. The first-order valence-electron chi connectivity index (χ1n) is 5.91. The lowest BCUT2D eigenvalue weighted by atomic mass is 10.3. The van der Waals surface area contributed by atoms with Gasteiger partial charge in [0.15, 0.2) is 0 Å². The summed E-state index contributed by atoms with van der Waals surface area (Å²) in [7, 11) is 0. The van der Waals surface area contributed by atoms with Crippen LogP contribution < -0.4 is 0 Å². The van der Waals surface area contributed by atoms with Crippen molar-refractivity contribution in [2.24, 2.45) is 0 Å². The van der Waals surface area contributed by atoms with Gasteiger partial charge in [-0.15, -0.1) is 13.2 Å². The number of carbonyl (C=O) groups excluding carboxylic acids is 1. The summed E-state index contributed by atoms with van der Waals surface area (Å²) in [5.41, 5.74) is 0. The van der Waals surface area contributed by atoms with E-state index >= 15 is 0 Å². The van der Waals surface area contributed by atoms with Crippen LogP contribution in [0, 0.1) is 0 Å². The summed E-state index contributed by atoms with van der Waals surface area (Å²) in [6.07, 6.45) is 4.07. The molecule has 16 heavy (non-hydrogen) atoms. The quantitative estimate of drug-likeness (QED) is 0.559. The van der Waals surface area contributed by atoms with Gasteiger partial charge in [0.1, 0.15) is 0 Å². The lowest BCUT2D eigenvalue weighted by molar-refractivity contribution is -0.130. The Morgan fingerprint density at radius 3 is 2.00 bits per heavy atom. The minimum absolute atomic E-state index is 0.173. The van der Waals surface area contributed by atoms with Crippen molar-refractivity contribution in [3.63, 3.8) is 0 Å². The fourth-order valence-corrected chi connectivity index (χ4v) is 1.54. The Morgan fingerprint density at radius 1 is 1.12 bits per heavy atom. The molecule has 0 aliphatic rings. The minimum Gasteiger partial charge on any atom is -0.335 e. The van der Waals surface area contributed by atoms with E-state index in [1.54, 1.807) is 17.1 Å². The third kappa shape index (κ3) is 5.71. The van der Waals surface area contributed by atoms with Crippen LogP contribution in [-0.2, 0) is 4.79 Å². The predicted molar refractivity (Wildman–Crippen MR) is 69.4 cm³/mol. The SMILES string of the molecule is C=CCN(CC=C)C(=O)CCN(CC)CC. The molecular formula is C13H24N2O. The number of rotatable bonds is 9. The van der Waals surface area contributed by atoms with Gasteiger partial charge in [-0.2, -0.15) is 0 Å². The Kier molecular flexibility index (Phi) is 8.53. The van der Waals surface area contributed by atoms with Crippen LogP contribution in [0.3, 0.4) is 0 Å². The Hall–Kier alpha value is -1.09. The molecule has 1 amide bonds. The van der Waals surface area contributed by atoms with Gasteiger partial charge in [0.25, 0.3) is 0 Å². The number of hydrogen-bond acceptors (Lipinski definition) is 2. The molecule has 0 spiro atoms. The van der Waals surface area contributed by atoms with Gasteiger partial charge in [-0.05, 0) is 13.1 Å². The number of hydrogen-bond donors (Lipinski definition) is 0. The number of amides is 1. The average Bonchev–Trinajstić information content (AvgIpc) is 2.30. The molecule has 3 heteroatoms. The zero-order chi connectivity index (χ0) is 12.4. The van der Waals surface area contributed by atoms with E-state index in [2.05, 4.69) is 31.9 Å². The minimum atomic E-state index is 0.173. The van der Waals surface area contributed by atoms with Gasteiger partial charge in [-0.3, -0.25) is 4.79 Å². The molecule has 0 aliphatic carbocycles. The van der Waals surface area contributed by atoms with Gasteiger partial charge in [0.2, 0.25) is 5.91 Å². The van der Waals surface area contributed by atoms with Crippen LogP contribution in [0.5, 0.6) is 0 Å². The van der Waals surface area contributed by atoms with E-state index in [0.29, 0.717) is 19.5 Å². The number of carbonyl (C=O) groups is 1. The molecule has 0 N–H and O–H groups in total. The van der Waals surface area contributed by atoms with Crippen LogP contribution >= 0.6 is 0 Å². The summed E-state index contributed by atoms with van der Waals surface area (Å²) >= 11 is 0. The molecule has 0 unspecified atom stereocenters. The molecule has 0 saturated heterocycles. The van der Waals surface area contributed by atoms with Gasteiger partial charge in [0, 0.05) is 26.1 Å². The highest BCUT2D eigenvalue weighted by Gasteiger charge is 2.11. The third-order valence-electron chi connectivity index (χ3n) is 2.59. The average molecular weight is 224 g/mol. The monoisotopic (exact) mass is 224 g/mol. The van der Waals surface area contributed by atoms with Crippen molar-refractivity contribution < 1.29 is 4.79 Å². The first kappa shape index (κ1) is 14.9. The first-order chi connectivity index (χ1) is 7.69. The fourth-order valence-electron chi connectivity index (χ4n) is 1.54. The van der Waals surface area contributed by atoms with Crippen LogP contribution in [0.4, 0.5) is 0 Å². The highest BCUT2D eigenvalue weighted by atomic mass is 16.2. The van der Waals surface area contributed by atoms with Crippen LogP contribution in [0.25, 0.3) is 0 Å². The lowest BCUT2D eigenvalue weighted by Crippen LogP contribution is -2.34. The van der Waals surface area contributed by atoms with Crippen LogP contribution in [0.1, 0.15) is 20.3 Å². The van der Waals surface area contributed by atoms with Gasteiger partial charge < -0.3 is 9.80 Å². The Morgan fingerprint density at radius 2 is 1.62 bits per heavy atom. The van der Waals surface area contributed by atoms with E-state index in [4.69, 9.17) is 0 Å². The predicted octanol–water partition coefficient (Wildman–Crippen LogP) is 1.92. The standard InChI is InChI=1S/C13H24N2O/c1-5-10-15(11-6-2)13(16)9-12-14(7-3)8-4/h5-6H,1-2,7-12H2,3-4H3. The number of nitrogens with zero attached hydrogens (tertiary/aromatic N) is 2. The molecule has 3 nitrogen and oxygen atoms in total. The molecular weight excluding hydrogens is 200 g/mol. The highest BCUT2D eigenvalue weighted by molar-refractivity contribution is 5.76. The molecule has 0 aliphatic heterocycles. The third-order valence-corrected chi connectivity index (χ3v) is 2.59. The van der Waals surface area contributed by atoms with Gasteiger partial charge in [-0.1, -0.05) is 26.0 Å². The second kappa shape index (κ2) is 9.16. The largest absolute Gasteiger partial charge is 0.335 e. The zero-order valence-corrected chi connectivity index (χ0v) is 10.6. The molecule has 0 heterocycles. The second-order valence-electron chi connectivity index (χ2n) is 3.65. The summed E-state index contributed by atoms with van der Waals surface area (Å²) in [6, 6.07) is 0. The zero-order valence-electron chi connectivity index (χ0n) is 10.6. The van der Waals surface area contributed by atoms with Crippen LogP contribution in [0.2, 0.25) is 0 Å². The smallest absolute Gasteiger partial charge is 0.224 e. The summed E-state index contributed by atoms with van der Waals surface area (Å²) in [4.78, 5) is 15.9. The Bertz CT molecular complexity index is 212. The van der Waals surface area contributed by atoms with Gasteiger partial charge in [-0.25, -0.2) is 0 Å². The van der Waals surface area contributed by atoms with Crippen molar-refractivity contribution in [1.29, 1.82) is 0 Å². The molecule has 0 aromatic carbocycles. The van der Waals surface area contributed by atoms with Crippen molar-refractivity contribution in [2.75, 3.05) is 32.7 Å². The molecule has 0 bridgehead atoms. The van der Waals surface area contributed by atoms with E-state index < -0.39 is 0 Å². The van der Waals surface area contributed by atoms with Crippen molar-refractivity contribution in [3.05, 3.63) is 25.3 Å². The molecule has 0 saturated carbocycles. The maximum atomic E-state index is 11.9. The normalized spacial score (nSPS) is 10.2. The Labute approximate surface area is 99.4 Å². The topological polar surface area (TPSA) is 23.6 Å². The van der Waals surface area contributed by atoms with Crippen molar-refractivity contribution in [2.45, 2.75) is 20.3 Å². The van der Waals surface area contributed by atoms with Crippen LogP contribution in [-0.4, -0.2) is 48.4 Å². The molecule has 92 valence electrons. The summed E-state index contributed by atoms with van der Waals surface area (Å²) in [5.74, 6) is 0.173. The Balaban J connectivity index is 4.08. The maximum Gasteiger partial charge on any atom is 0.224 e. The molecule has 0 aromatic heterocycles. The first-order valence-corrected chi connectivity index (χ1v) is 5.91. The lowest BCUT2D eigenvalue weighted by Gasteiger charge is -2.22. The van der Waals surface area contributed by atoms with E-state index in [9.17, 15) is 4.79 Å².